The molecule has 3 rings (SSSR count). The lowest BCUT2D eigenvalue weighted by atomic mass is 9.84. The monoisotopic (exact) mass is 592 g/mol. The summed E-state index contributed by atoms with van der Waals surface area (Å²) in [6, 6.07) is 34.4. The number of thioether (sulfide) groups is 1. The van der Waals surface area contributed by atoms with Crippen molar-refractivity contribution in [2.24, 2.45) is 0 Å². The molecule has 1 unspecified atom stereocenters. The van der Waals surface area contributed by atoms with E-state index in [1.165, 1.54) is 16.7 Å². The second-order valence-corrected chi connectivity index (χ2v) is 13.9. The molecule has 41 heavy (non-hydrogen) atoms. The Bertz CT molecular complexity index is 1130. The standard InChI is InChI=1S/C34H45N2O3PS/c1-29(2)36(30(3)4)40(37,39-27-18-25-35)38-26-16-5-6-17-28-41-34(31-19-10-7-11-20-31,32-21-12-8-13-22-32)33-23-14-9-15-24-33/h7-15,19-24,29-30H,5-6,16-18,26-28H2,1-4H3. The molecule has 3 aromatic rings. The molecule has 3 aromatic carbocycles. The molecule has 0 radical (unpaired) electrons. The van der Waals surface area contributed by atoms with Crippen LogP contribution in [0, 0.1) is 11.3 Å². The first kappa shape index (κ1) is 33.1. The van der Waals surface area contributed by atoms with E-state index in [4.69, 9.17) is 14.3 Å². The van der Waals surface area contributed by atoms with Crippen molar-refractivity contribution in [2.45, 2.75) is 76.6 Å². The minimum absolute atomic E-state index is 0.000876. The third-order valence-corrected chi connectivity index (χ3v) is 11.1. The van der Waals surface area contributed by atoms with Gasteiger partial charge in [-0.05, 0) is 63.0 Å². The Labute approximate surface area is 251 Å². The number of benzene rings is 3. The molecule has 0 heterocycles. The molecular formula is C34H45N2O3PS. The predicted molar refractivity (Wildman–Crippen MR) is 172 cm³/mol. The Morgan fingerprint density at radius 1 is 0.732 bits per heavy atom. The van der Waals surface area contributed by atoms with Crippen LogP contribution in [0.25, 0.3) is 0 Å². The van der Waals surface area contributed by atoms with E-state index in [-0.39, 0.29) is 29.9 Å². The topological polar surface area (TPSA) is 62.6 Å². The van der Waals surface area contributed by atoms with Crippen molar-refractivity contribution in [3.8, 4) is 6.07 Å². The Balaban J connectivity index is 1.62. The van der Waals surface area contributed by atoms with Crippen LogP contribution in [0.3, 0.4) is 0 Å². The number of nitrogens with zero attached hydrogens (tertiary/aromatic N) is 2. The maximum atomic E-state index is 13.7. The van der Waals surface area contributed by atoms with Crippen molar-refractivity contribution in [1.29, 1.82) is 5.26 Å². The summed E-state index contributed by atoms with van der Waals surface area (Å²) in [5.41, 5.74) is 3.84. The second-order valence-electron chi connectivity index (χ2n) is 10.7. The minimum Gasteiger partial charge on any atom is -0.297 e. The first-order chi connectivity index (χ1) is 19.8. The molecule has 0 aromatic heterocycles. The Morgan fingerprint density at radius 2 is 1.17 bits per heavy atom. The van der Waals surface area contributed by atoms with Gasteiger partial charge in [-0.1, -0.05) is 104 Å². The normalized spacial score (nSPS) is 13.4. The quantitative estimate of drug-likeness (QED) is 0.0833. The molecule has 0 fully saturated rings. The summed E-state index contributed by atoms with van der Waals surface area (Å²) in [5.74, 6) is 1.00. The van der Waals surface area contributed by atoms with Gasteiger partial charge in [-0.2, -0.15) is 5.26 Å². The first-order valence-corrected chi connectivity index (χ1v) is 17.2. The van der Waals surface area contributed by atoms with Crippen LogP contribution in [0.5, 0.6) is 0 Å². The summed E-state index contributed by atoms with van der Waals surface area (Å²) in [6.45, 7) is 8.43. The summed E-state index contributed by atoms with van der Waals surface area (Å²) in [6.07, 6.45) is 4.10. The third-order valence-electron chi connectivity index (χ3n) is 6.96. The highest BCUT2D eigenvalue weighted by molar-refractivity contribution is 8.00. The predicted octanol–water partition coefficient (Wildman–Crippen LogP) is 9.45. The van der Waals surface area contributed by atoms with Crippen LogP contribution in [0.4, 0.5) is 0 Å². The highest BCUT2D eigenvalue weighted by Crippen LogP contribution is 2.54. The zero-order valence-electron chi connectivity index (χ0n) is 24.9. The Hall–Kier alpha value is -2.39. The molecule has 0 aliphatic carbocycles. The molecule has 7 heteroatoms. The van der Waals surface area contributed by atoms with Crippen LogP contribution in [0.15, 0.2) is 91.0 Å². The molecule has 0 aliphatic rings. The molecule has 1 atom stereocenters. The van der Waals surface area contributed by atoms with E-state index in [1.54, 1.807) is 4.67 Å². The fourth-order valence-electron chi connectivity index (χ4n) is 5.27. The maximum Gasteiger partial charge on any atom is 0.408 e. The summed E-state index contributed by atoms with van der Waals surface area (Å²) in [7, 11) is -3.48. The number of hydrogen-bond donors (Lipinski definition) is 0. The molecule has 0 spiro atoms. The van der Waals surface area contributed by atoms with Gasteiger partial charge in [0.25, 0.3) is 0 Å². The Kier molecular flexibility index (Phi) is 13.7. The fraction of sp³-hybridized carbons (Fsp3) is 0.441. The minimum atomic E-state index is -3.48. The van der Waals surface area contributed by atoms with Crippen LogP contribution in [-0.4, -0.2) is 35.7 Å². The lowest BCUT2D eigenvalue weighted by Gasteiger charge is -2.36. The molecule has 0 saturated carbocycles. The molecule has 0 saturated heterocycles. The third kappa shape index (κ3) is 9.05. The summed E-state index contributed by atoms with van der Waals surface area (Å²) in [5, 5.41) is 8.91. The lowest BCUT2D eigenvalue weighted by Crippen LogP contribution is -2.35. The van der Waals surface area contributed by atoms with E-state index >= 15 is 0 Å². The van der Waals surface area contributed by atoms with Crippen molar-refractivity contribution < 1.29 is 13.6 Å². The lowest BCUT2D eigenvalue weighted by molar-refractivity contribution is 0.131. The summed E-state index contributed by atoms with van der Waals surface area (Å²) < 4.78 is 26.8. The van der Waals surface area contributed by atoms with Crippen LogP contribution < -0.4 is 0 Å². The highest BCUT2D eigenvalue weighted by atomic mass is 32.2. The van der Waals surface area contributed by atoms with Gasteiger partial charge in [-0.15, -0.1) is 11.8 Å². The zero-order valence-corrected chi connectivity index (χ0v) is 26.7. The molecule has 0 N–H and O–H groups in total. The van der Waals surface area contributed by atoms with Gasteiger partial charge in [0, 0.05) is 12.1 Å². The van der Waals surface area contributed by atoms with Gasteiger partial charge >= 0.3 is 7.75 Å². The average molecular weight is 593 g/mol. The number of unbranched alkanes of at least 4 members (excludes halogenated alkanes) is 3. The van der Waals surface area contributed by atoms with E-state index < -0.39 is 7.75 Å². The van der Waals surface area contributed by atoms with Crippen molar-refractivity contribution in [1.82, 2.24) is 4.67 Å². The van der Waals surface area contributed by atoms with E-state index in [1.807, 2.05) is 39.5 Å². The van der Waals surface area contributed by atoms with Crippen molar-refractivity contribution in [3.05, 3.63) is 108 Å². The van der Waals surface area contributed by atoms with Crippen LogP contribution in [-0.2, 0) is 18.4 Å². The summed E-state index contributed by atoms with van der Waals surface area (Å²) in [4.78, 5) is 0. The molecule has 5 nitrogen and oxygen atoms in total. The van der Waals surface area contributed by atoms with Crippen LogP contribution in [0.2, 0.25) is 0 Å². The summed E-state index contributed by atoms with van der Waals surface area (Å²) >= 11 is 1.99. The number of hydrogen-bond acceptors (Lipinski definition) is 5. The van der Waals surface area contributed by atoms with Gasteiger partial charge < -0.3 is 0 Å². The van der Waals surface area contributed by atoms with Gasteiger partial charge in [0.1, 0.15) is 0 Å². The van der Waals surface area contributed by atoms with Crippen LogP contribution in [0.1, 0.15) is 76.5 Å². The van der Waals surface area contributed by atoms with Gasteiger partial charge in [0.15, 0.2) is 0 Å². The van der Waals surface area contributed by atoms with Gasteiger partial charge in [-0.25, -0.2) is 9.24 Å². The SMILES string of the molecule is CC(C)N(C(C)C)P(=O)(OCCC#N)OCCCCCCSC(c1ccccc1)(c1ccccc1)c1ccccc1. The molecule has 0 amide bonds. The van der Waals surface area contributed by atoms with E-state index in [9.17, 15) is 4.57 Å². The molecule has 220 valence electrons. The van der Waals surface area contributed by atoms with Crippen molar-refractivity contribution >= 4 is 19.5 Å². The van der Waals surface area contributed by atoms with E-state index in [2.05, 4.69) is 97.1 Å². The van der Waals surface area contributed by atoms with Crippen molar-refractivity contribution in [3.63, 3.8) is 0 Å². The van der Waals surface area contributed by atoms with Gasteiger partial charge in [0.2, 0.25) is 0 Å². The highest BCUT2D eigenvalue weighted by Gasteiger charge is 2.38. The number of rotatable bonds is 18. The average Bonchev–Trinajstić information content (AvgIpc) is 2.98. The number of nitriles is 1. The first-order valence-electron chi connectivity index (χ1n) is 14.7. The van der Waals surface area contributed by atoms with Crippen LogP contribution >= 0.6 is 19.5 Å². The molecule has 0 aliphatic heterocycles. The van der Waals surface area contributed by atoms with Gasteiger partial charge in [-0.3, -0.25) is 9.05 Å². The second kappa shape index (κ2) is 16.9. The van der Waals surface area contributed by atoms with Gasteiger partial charge in [0.05, 0.1) is 30.5 Å². The Morgan fingerprint density at radius 3 is 1.61 bits per heavy atom. The maximum absolute atomic E-state index is 13.7. The smallest absolute Gasteiger partial charge is 0.297 e. The largest absolute Gasteiger partial charge is 0.408 e. The fourth-order valence-corrected chi connectivity index (χ4v) is 8.99. The zero-order chi connectivity index (χ0) is 29.6. The van der Waals surface area contributed by atoms with Crippen molar-refractivity contribution in [2.75, 3.05) is 19.0 Å². The molecular weight excluding hydrogens is 547 g/mol. The van der Waals surface area contributed by atoms with E-state index in [0.717, 1.165) is 31.4 Å². The molecule has 0 bridgehead atoms. The van der Waals surface area contributed by atoms with E-state index in [0.29, 0.717) is 6.61 Å².